The van der Waals surface area contributed by atoms with E-state index in [1.54, 1.807) is 13.0 Å². The van der Waals surface area contributed by atoms with Crippen LogP contribution in [0.15, 0.2) is 24.5 Å². The van der Waals surface area contributed by atoms with Crippen molar-refractivity contribution >= 4 is 33.3 Å². The Balaban J connectivity index is 1.75. The minimum atomic E-state index is -0.321. The molecule has 1 aliphatic heterocycles. The van der Waals surface area contributed by atoms with Gasteiger partial charge < -0.3 is 9.64 Å². The zero-order chi connectivity index (χ0) is 18.3. The van der Waals surface area contributed by atoms with E-state index in [0.29, 0.717) is 18.0 Å². The van der Waals surface area contributed by atoms with Crippen molar-refractivity contribution in [2.45, 2.75) is 26.8 Å². The van der Waals surface area contributed by atoms with Gasteiger partial charge in [-0.3, -0.25) is 0 Å². The van der Waals surface area contributed by atoms with Gasteiger partial charge in [0, 0.05) is 13.1 Å². The third-order valence-corrected chi connectivity index (χ3v) is 5.83. The molecule has 3 heterocycles. The molecule has 26 heavy (non-hydrogen) atoms. The van der Waals surface area contributed by atoms with E-state index in [9.17, 15) is 9.18 Å². The van der Waals surface area contributed by atoms with Gasteiger partial charge in [-0.15, -0.1) is 11.3 Å². The van der Waals surface area contributed by atoms with Crippen molar-refractivity contribution in [3.05, 3.63) is 51.9 Å². The Hall–Kier alpha value is -2.54. The molecule has 7 heteroatoms. The van der Waals surface area contributed by atoms with Gasteiger partial charge in [0.05, 0.1) is 12.0 Å². The Kier molecular flexibility index (Phi) is 4.32. The number of aromatic nitrogens is 2. The standard InChI is InChI=1S/C19H18FN3O2S/c1-3-25-19(24)16-11(2)15-17(21-10-22-18(15)26-16)23-7-6-12-8-14(20)5-4-13(12)9-23/h4-5,8,10H,3,6-7,9H2,1-2H3. The summed E-state index contributed by atoms with van der Waals surface area (Å²) >= 11 is 1.34. The molecule has 1 aromatic carbocycles. The lowest BCUT2D eigenvalue weighted by atomic mass is 9.99. The van der Waals surface area contributed by atoms with Crippen LogP contribution in [0.1, 0.15) is 33.3 Å². The number of rotatable bonds is 3. The molecule has 0 aliphatic carbocycles. The number of thiophene rings is 1. The molecule has 0 unspecified atom stereocenters. The maximum absolute atomic E-state index is 13.4. The number of aryl methyl sites for hydroxylation is 1. The number of ether oxygens (including phenoxy) is 1. The van der Waals surface area contributed by atoms with Gasteiger partial charge in [-0.1, -0.05) is 6.07 Å². The fraction of sp³-hybridized carbons (Fsp3) is 0.316. The highest BCUT2D eigenvalue weighted by molar-refractivity contribution is 7.20. The number of hydrogen-bond donors (Lipinski definition) is 0. The van der Waals surface area contributed by atoms with Crippen molar-refractivity contribution in [1.82, 2.24) is 9.97 Å². The van der Waals surface area contributed by atoms with E-state index in [-0.39, 0.29) is 11.8 Å². The predicted octanol–water partition coefficient (Wildman–Crippen LogP) is 3.88. The molecule has 0 saturated heterocycles. The summed E-state index contributed by atoms with van der Waals surface area (Å²) in [6.45, 7) is 5.44. The van der Waals surface area contributed by atoms with Crippen LogP contribution in [-0.2, 0) is 17.7 Å². The van der Waals surface area contributed by atoms with E-state index < -0.39 is 0 Å². The fourth-order valence-corrected chi connectivity index (χ4v) is 4.42. The third kappa shape index (κ3) is 2.82. The number of hydrogen-bond acceptors (Lipinski definition) is 6. The molecule has 5 nitrogen and oxygen atoms in total. The fourth-order valence-electron chi connectivity index (χ4n) is 3.39. The van der Waals surface area contributed by atoms with Gasteiger partial charge in [-0.2, -0.15) is 0 Å². The number of halogens is 1. The average Bonchev–Trinajstić information content (AvgIpc) is 2.98. The monoisotopic (exact) mass is 371 g/mol. The zero-order valence-electron chi connectivity index (χ0n) is 14.6. The molecule has 0 fully saturated rings. The second-order valence-electron chi connectivity index (χ2n) is 6.24. The van der Waals surface area contributed by atoms with E-state index >= 15 is 0 Å². The van der Waals surface area contributed by atoms with Gasteiger partial charge in [0.15, 0.2) is 0 Å². The molecule has 134 valence electrons. The molecule has 0 atom stereocenters. The van der Waals surface area contributed by atoms with E-state index in [0.717, 1.165) is 45.7 Å². The minimum Gasteiger partial charge on any atom is -0.462 e. The summed E-state index contributed by atoms with van der Waals surface area (Å²) in [5, 5.41) is 0.895. The SMILES string of the molecule is CCOC(=O)c1sc2ncnc(N3CCc4cc(F)ccc4C3)c2c1C. The van der Waals surface area contributed by atoms with Crippen LogP contribution >= 0.6 is 11.3 Å². The van der Waals surface area contributed by atoms with Crippen LogP contribution in [-0.4, -0.2) is 29.1 Å². The summed E-state index contributed by atoms with van der Waals surface area (Å²) < 4.78 is 18.6. The molecular weight excluding hydrogens is 353 g/mol. The quantitative estimate of drug-likeness (QED) is 0.654. The number of carbonyl (C=O) groups is 1. The Labute approximate surface area is 154 Å². The molecule has 2 aromatic heterocycles. The molecule has 0 spiro atoms. The molecule has 0 amide bonds. The zero-order valence-corrected chi connectivity index (χ0v) is 15.4. The smallest absolute Gasteiger partial charge is 0.348 e. The molecule has 1 aliphatic rings. The molecule has 0 saturated carbocycles. The normalized spacial score (nSPS) is 13.7. The van der Waals surface area contributed by atoms with Crippen LogP contribution in [0.3, 0.4) is 0 Å². The lowest BCUT2D eigenvalue weighted by Crippen LogP contribution is -2.31. The first-order chi connectivity index (χ1) is 12.6. The van der Waals surface area contributed by atoms with Crippen LogP contribution in [0.25, 0.3) is 10.2 Å². The van der Waals surface area contributed by atoms with Crippen LogP contribution in [0, 0.1) is 12.7 Å². The van der Waals surface area contributed by atoms with Crippen LogP contribution in [0.4, 0.5) is 10.2 Å². The van der Waals surface area contributed by atoms with Crippen LogP contribution < -0.4 is 4.90 Å². The van der Waals surface area contributed by atoms with Crippen molar-refractivity contribution in [2.75, 3.05) is 18.1 Å². The largest absolute Gasteiger partial charge is 0.462 e. The van der Waals surface area contributed by atoms with Gasteiger partial charge in [-0.25, -0.2) is 19.2 Å². The van der Waals surface area contributed by atoms with Gasteiger partial charge >= 0.3 is 5.97 Å². The first-order valence-corrected chi connectivity index (χ1v) is 9.33. The summed E-state index contributed by atoms with van der Waals surface area (Å²) in [4.78, 5) is 24.6. The summed E-state index contributed by atoms with van der Waals surface area (Å²) in [6, 6.07) is 4.93. The second-order valence-corrected chi connectivity index (χ2v) is 7.24. The second kappa shape index (κ2) is 6.64. The van der Waals surface area contributed by atoms with Crippen molar-refractivity contribution in [3.8, 4) is 0 Å². The van der Waals surface area contributed by atoms with E-state index in [1.807, 2.05) is 13.0 Å². The summed E-state index contributed by atoms with van der Waals surface area (Å²) in [5.41, 5.74) is 2.99. The van der Waals surface area contributed by atoms with Gasteiger partial charge in [0.1, 0.15) is 27.7 Å². The molecular formula is C19H18FN3O2S. The summed E-state index contributed by atoms with van der Waals surface area (Å²) in [5.74, 6) is 0.294. The highest BCUT2D eigenvalue weighted by Gasteiger charge is 2.24. The van der Waals surface area contributed by atoms with E-state index in [1.165, 1.54) is 23.7 Å². The van der Waals surface area contributed by atoms with Crippen LogP contribution in [0.5, 0.6) is 0 Å². The first kappa shape index (κ1) is 16.9. The van der Waals surface area contributed by atoms with E-state index in [2.05, 4.69) is 14.9 Å². The first-order valence-electron chi connectivity index (χ1n) is 8.52. The highest BCUT2D eigenvalue weighted by atomic mass is 32.1. The topological polar surface area (TPSA) is 55.3 Å². The lowest BCUT2D eigenvalue weighted by Gasteiger charge is -2.30. The van der Waals surface area contributed by atoms with Gasteiger partial charge in [-0.05, 0) is 49.1 Å². The number of benzene rings is 1. The lowest BCUT2D eigenvalue weighted by molar-refractivity contribution is 0.0531. The number of anilines is 1. The van der Waals surface area contributed by atoms with Crippen molar-refractivity contribution < 1.29 is 13.9 Å². The Morgan fingerprint density at radius 3 is 3.00 bits per heavy atom. The van der Waals surface area contributed by atoms with E-state index in [4.69, 9.17) is 4.74 Å². The highest BCUT2D eigenvalue weighted by Crippen LogP contribution is 2.36. The van der Waals surface area contributed by atoms with Gasteiger partial charge in [0.25, 0.3) is 0 Å². The maximum atomic E-state index is 13.4. The van der Waals surface area contributed by atoms with Crippen molar-refractivity contribution in [1.29, 1.82) is 0 Å². The van der Waals surface area contributed by atoms with Crippen LogP contribution in [0.2, 0.25) is 0 Å². The van der Waals surface area contributed by atoms with Crippen molar-refractivity contribution in [2.24, 2.45) is 0 Å². The maximum Gasteiger partial charge on any atom is 0.348 e. The Bertz CT molecular complexity index is 1000. The Morgan fingerprint density at radius 2 is 2.19 bits per heavy atom. The number of carbonyl (C=O) groups excluding carboxylic acids is 1. The molecule has 4 rings (SSSR count). The molecule has 0 N–H and O–H groups in total. The molecule has 0 bridgehead atoms. The minimum absolute atomic E-state index is 0.200. The molecule has 3 aromatic rings. The third-order valence-electron chi connectivity index (χ3n) is 4.65. The average molecular weight is 371 g/mol. The summed E-state index contributed by atoms with van der Waals surface area (Å²) in [7, 11) is 0. The number of esters is 1. The molecule has 0 radical (unpaired) electrons. The predicted molar refractivity (Wildman–Crippen MR) is 99.3 cm³/mol. The number of nitrogens with zero attached hydrogens (tertiary/aromatic N) is 3. The Morgan fingerprint density at radius 1 is 1.35 bits per heavy atom. The number of fused-ring (bicyclic) bond motifs is 2. The summed E-state index contributed by atoms with van der Waals surface area (Å²) in [6.07, 6.45) is 2.29. The van der Waals surface area contributed by atoms with Crippen molar-refractivity contribution in [3.63, 3.8) is 0 Å². The van der Waals surface area contributed by atoms with Gasteiger partial charge in [0.2, 0.25) is 0 Å².